The van der Waals surface area contributed by atoms with Gasteiger partial charge in [0.25, 0.3) is 0 Å². The first kappa shape index (κ1) is 20.0. The van der Waals surface area contributed by atoms with E-state index in [-0.39, 0.29) is 11.9 Å². The number of benzene rings is 2. The van der Waals surface area contributed by atoms with Crippen molar-refractivity contribution < 1.29 is 4.79 Å². The van der Waals surface area contributed by atoms with Crippen LogP contribution in [0, 0.1) is 0 Å². The topological polar surface area (TPSA) is 35.6 Å². The zero-order valence-electron chi connectivity index (χ0n) is 16.8. The molecule has 0 heterocycles. The van der Waals surface area contributed by atoms with Gasteiger partial charge in [-0.25, -0.2) is 0 Å². The maximum atomic E-state index is 12.5. The zero-order chi connectivity index (χ0) is 19.3. The number of hydrogen-bond donors (Lipinski definition) is 1. The van der Waals surface area contributed by atoms with E-state index >= 15 is 0 Å². The molecule has 0 aromatic heterocycles. The molecule has 2 aromatic rings. The van der Waals surface area contributed by atoms with Gasteiger partial charge in [0.2, 0.25) is 5.91 Å². The van der Waals surface area contributed by atoms with Gasteiger partial charge in [-0.1, -0.05) is 38.1 Å². The highest BCUT2D eigenvalue weighted by Gasteiger charge is 2.18. The van der Waals surface area contributed by atoms with Crippen molar-refractivity contribution in [3.8, 4) is 0 Å². The fourth-order valence-electron chi connectivity index (χ4n) is 2.72. The molecule has 1 N–H and O–H groups in total. The lowest BCUT2D eigenvalue weighted by Crippen LogP contribution is -2.39. The first-order valence-electron chi connectivity index (χ1n) is 9.15. The second kappa shape index (κ2) is 8.86. The van der Waals surface area contributed by atoms with Crippen molar-refractivity contribution in [3.63, 3.8) is 0 Å². The Morgan fingerprint density at radius 3 is 2.00 bits per heavy atom. The summed E-state index contributed by atoms with van der Waals surface area (Å²) in [7, 11) is 6.04. The van der Waals surface area contributed by atoms with E-state index in [4.69, 9.17) is 0 Å². The third-order valence-electron chi connectivity index (χ3n) is 4.77. The zero-order valence-corrected chi connectivity index (χ0v) is 16.8. The molecule has 140 valence electrons. The summed E-state index contributed by atoms with van der Waals surface area (Å²) in [6.45, 7) is 6.99. The van der Waals surface area contributed by atoms with Crippen molar-refractivity contribution in [2.24, 2.45) is 0 Å². The summed E-state index contributed by atoms with van der Waals surface area (Å²) in [6, 6.07) is 16.3. The minimum atomic E-state index is -0.215. The molecule has 2 rings (SSSR count). The molecule has 4 heteroatoms. The monoisotopic (exact) mass is 353 g/mol. The largest absolute Gasteiger partial charge is 0.378 e. The molecule has 1 atom stereocenters. The summed E-state index contributed by atoms with van der Waals surface area (Å²) in [4.78, 5) is 16.7. The molecule has 0 aliphatic heterocycles. The Bertz CT molecular complexity index is 705. The van der Waals surface area contributed by atoms with Gasteiger partial charge in [-0.2, -0.15) is 0 Å². The molecule has 0 unspecified atom stereocenters. The van der Waals surface area contributed by atoms with Gasteiger partial charge >= 0.3 is 0 Å². The lowest BCUT2D eigenvalue weighted by atomic mass is 10.0. The van der Waals surface area contributed by atoms with Gasteiger partial charge in [0, 0.05) is 32.0 Å². The second-order valence-corrected chi connectivity index (χ2v) is 7.42. The average Bonchev–Trinajstić information content (AvgIpc) is 2.61. The van der Waals surface area contributed by atoms with E-state index in [1.165, 1.54) is 16.8 Å². The van der Waals surface area contributed by atoms with Crippen LogP contribution in [0.5, 0.6) is 0 Å². The van der Waals surface area contributed by atoms with E-state index < -0.39 is 0 Å². The predicted octanol–water partition coefficient (Wildman–Crippen LogP) is 4.34. The van der Waals surface area contributed by atoms with Gasteiger partial charge in [0.15, 0.2) is 0 Å². The van der Waals surface area contributed by atoms with Crippen LogP contribution in [0.1, 0.15) is 37.8 Å². The molecule has 0 saturated carbocycles. The molecule has 0 fully saturated rings. The fourth-order valence-corrected chi connectivity index (χ4v) is 2.72. The molecule has 0 spiro atoms. The number of rotatable bonds is 7. The summed E-state index contributed by atoms with van der Waals surface area (Å²) in [6.07, 6.45) is 0. The van der Waals surface area contributed by atoms with Gasteiger partial charge in [0.1, 0.15) is 0 Å². The SMILES string of the molecule is CC(C)c1ccc(NC(=O)[C@H](C)N(C)Cc2ccc(N(C)C)cc2)cc1. The number of anilines is 2. The Morgan fingerprint density at radius 1 is 0.923 bits per heavy atom. The average molecular weight is 354 g/mol. The number of carbonyl (C=O) groups excluding carboxylic acids is 1. The normalized spacial score (nSPS) is 12.3. The fraction of sp³-hybridized carbons (Fsp3) is 0.409. The molecule has 2 aromatic carbocycles. The smallest absolute Gasteiger partial charge is 0.241 e. The van der Waals surface area contributed by atoms with E-state index in [0.29, 0.717) is 5.92 Å². The molecular formula is C22H31N3O. The van der Waals surface area contributed by atoms with Crippen LogP contribution >= 0.6 is 0 Å². The van der Waals surface area contributed by atoms with Crippen LogP contribution in [0.3, 0.4) is 0 Å². The van der Waals surface area contributed by atoms with Crippen molar-refractivity contribution in [2.75, 3.05) is 31.4 Å². The number of amides is 1. The first-order chi connectivity index (χ1) is 12.3. The number of likely N-dealkylation sites (N-methyl/N-ethyl adjacent to an activating group) is 1. The van der Waals surface area contributed by atoms with Gasteiger partial charge in [-0.15, -0.1) is 0 Å². The van der Waals surface area contributed by atoms with Crippen molar-refractivity contribution in [1.29, 1.82) is 0 Å². The Morgan fingerprint density at radius 2 is 1.50 bits per heavy atom. The summed E-state index contributed by atoms with van der Waals surface area (Å²) < 4.78 is 0. The third kappa shape index (κ3) is 5.33. The van der Waals surface area contributed by atoms with Crippen molar-refractivity contribution in [3.05, 3.63) is 59.7 Å². The minimum absolute atomic E-state index is 0.00899. The number of nitrogens with zero attached hydrogens (tertiary/aromatic N) is 2. The first-order valence-corrected chi connectivity index (χ1v) is 9.15. The molecule has 0 aliphatic carbocycles. The lowest BCUT2D eigenvalue weighted by Gasteiger charge is -2.24. The van der Waals surface area contributed by atoms with E-state index in [0.717, 1.165) is 12.2 Å². The maximum Gasteiger partial charge on any atom is 0.241 e. The van der Waals surface area contributed by atoms with Crippen molar-refractivity contribution in [1.82, 2.24) is 4.90 Å². The molecule has 0 aliphatic rings. The molecule has 0 radical (unpaired) electrons. The van der Waals surface area contributed by atoms with Crippen LogP contribution in [0.25, 0.3) is 0 Å². The van der Waals surface area contributed by atoms with Crippen molar-refractivity contribution >= 4 is 17.3 Å². The minimum Gasteiger partial charge on any atom is -0.378 e. The van der Waals surface area contributed by atoms with E-state index in [1.54, 1.807) is 0 Å². The van der Waals surface area contributed by atoms with E-state index in [2.05, 4.69) is 65.4 Å². The molecule has 26 heavy (non-hydrogen) atoms. The van der Waals surface area contributed by atoms with Crippen molar-refractivity contribution in [2.45, 2.75) is 39.3 Å². The molecule has 4 nitrogen and oxygen atoms in total. The summed E-state index contributed by atoms with van der Waals surface area (Å²) in [5.41, 5.74) is 4.48. The van der Waals surface area contributed by atoms with Crippen LogP contribution in [0.2, 0.25) is 0 Å². The summed E-state index contributed by atoms with van der Waals surface area (Å²) >= 11 is 0. The van der Waals surface area contributed by atoms with Crippen LogP contribution in [-0.4, -0.2) is 38.0 Å². The molecular weight excluding hydrogens is 322 g/mol. The second-order valence-electron chi connectivity index (χ2n) is 7.42. The van der Waals surface area contributed by atoms with E-state index in [1.807, 2.05) is 40.2 Å². The van der Waals surface area contributed by atoms with Gasteiger partial charge < -0.3 is 10.2 Å². The predicted molar refractivity (Wildman–Crippen MR) is 111 cm³/mol. The Hall–Kier alpha value is -2.33. The standard InChI is InChI=1S/C22H31N3O/c1-16(2)19-9-11-20(12-10-19)23-22(26)17(3)25(6)15-18-7-13-21(14-8-18)24(4)5/h7-14,16-17H,15H2,1-6H3,(H,23,26)/t17-/m0/s1. The molecule has 0 bridgehead atoms. The van der Waals surface area contributed by atoms with Gasteiger partial charge in [0.05, 0.1) is 6.04 Å². The van der Waals surface area contributed by atoms with Gasteiger partial charge in [-0.05, 0) is 55.3 Å². The number of nitrogens with one attached hydrogen (secondary N) is 1. The van der Waals surface area contributed by atoms with Crippen LogP contribution in [-0.2, 0) is 11.3 Å². The quantitative estimate of drug-likeness (QED) is 0.804. The highest BCUT2D eigenvalue weighted by atomic mass is 16.2. The highest BCUT2D eigenvalue weighted by molar-refractivity contribution is 5.94. The Kier molecular flexibility index (Phi) is 6.81. The van der Waals surface area contributed by atoms with Crippen LogP contribution < -0.4 is 10.2 Å². The van der Waals surface area contributed by atoms with E-state index in [9.17, 15) is 4.79 Å². The van der Waals surface area contributed by atoms with Crippen LogP contribution in [0.15, 0.2) is 48.5 Å². The number of carbonyl (C=O) groups is 1. The van der Waals surface area contributed by atoms with Gasteiger partial charge in [-0.3, -0.25) is 9.69 Å². The molecule has 0 saturated heterocycles. The molecule has 1 amide bonds. The summed E-state index contributed by atoms with van der Waals surface area (Å²) in [5, 5.41) is 3.01. The Labute approximate surface area is 157 Å². The maximum absolute atomic E-state index is 12.5. The Balaban J connectivity index is 1.93. The summed E-state index contributed by atoms with van der Waals surface area (Å²) in [5.74, 6) is 0.499. The third-order valence-corrected chi connectivity index (χ3v) is 4.77. The lowest BCUT2D eigenvalue weighted by molar-refractivity contribution is -0.120. The number of hydrogen-bond acceptors (Lipinski definition) is 3. The highest BCUT2D eigenvalue weighted by Crippen LogP contribution is 2.18. The van der Waals surface area contributed by atoms with Crippen LogP contribution in [0.4, 0.5) is 11.4 Å².